The first kappa shape index (κ1) is 16.1. The molecule has 0 amide bonds. The van der Waals surface area contributed by atoms with Crippen molar-refractivity contribution in [3.63, 3.8) is 0 Å². The minimum Gasteiger partial charge on any atom is -0.354 e. The summed E-state index contributed by atoms with van der Waals surface area (Å²) in [6, 6.07) is 8.98. The van der Waals surface area contributed by atoms with Gasteiger partial charge in [-0.05, 0) is 42.2 Å². The fraction of sp³-hybridized carbons (Fsp3) is 0.471. The van der Waals surface area contributed by atoms with Crippen LogP contribution in [0.4, 0.5) is 5.82 Å². The van der Waals surface area contributed by atoms with Crippen molar-refractivity contribution < 1.29 is 0 Å². The van der Waals surface area contributed by atoms with Crippen LogP contribution in [0.25, 0.3) is 10.9 Å². The van der Waals surface area contributed by atoms with E-state index in [9.17, 15) is 0 Å². The smallest absolute Gasteiger partial charge is 0.132 e. The monoisotopic (exact) mass is 305 g/mol. The Kier molecular flexibility index (Phi) is 5.43. The summed E-state index contributed by atoms with van der Waals surface area (Å²) >= 11 is 0. The maximum absolute atomic E-state index is 4.94. The summed E-state index contributed by atoms with van der Waals surface area (Å²) in [5, 5.41) is 4.68. The Bertz CT molecular complexity index is 606. The van der Waals surface area contributed by atoms with E-state index in [1.807, 2.05) is 0 Å². The lowest BCUT2D eigenvalue weighted by Crippen LogP contribution is -2.44. The normalized spacial score (nSPS) is 15.0. The number of benzene rings is 1. The van der Waals surface area contributed by atoms with Crippen LogP contribution in [-0.4, -0.2) is 31.2 Å². The molecule has 1 aliphatic rings. The Morgan fingerprint density at radius 2 is 1.86 bits per heavy atom. The quantitative estimate of drug-likeness (QED) is 0.944. The molecule has 0 atom stereocenters. The number of rotatable bonds is 3. The van der Waals surface area contributed by atoms with Crippen LogP contribution in [0, 0.1) is 0 Å². The van der Waals surface area contributed by atoms with Gasteiger partial charge >= 0.3 is 0 Å². The Balaban J connectivity index is 0.00000161. The molecule has 0 radical (unpaired) electrons. The lowest BCUT2D eigenvalue weighted by atomic mass is 10.1. The van der Waals surface area contributed by atoms with Crippen molar-refractivity contribution in [2.75, 3.05) is 31.1 Å². The maximum Gasteiger partial charge on any atom is 0.132 e. The minimum atomic E-state index is 0. The van der Waals surface area contributed by atoms with Crippen molar-refractivity contribution in [1.29, 1.82) is 0 Å². The van der Waals surface area contributed by atoms with Gasteiger partial charge in [-0.2, -0.15) is 0 Å². The van der Waals surface area contributed by atoms with Gasteiger partial charge in [0.1, 0.15) is 5.82 Å². The van der Waals surface area contributed by atoms with E-state index >= 15 is 0 Å². The van der Waals surface area contributed by atoms with E-state index in [0.29, 0.717) is 0 Å². The molecule has 1 fully saturated rings. The molecule has 2 heterocycles. The number of piperazine rings is 1. The predicted octanol–water partition coefficient (Wildman–Crippen LogP) is 3.19. The standard InChI is InChI=1S/C17H23N3.ClH/c1-3-13-5-6-16-15(11-13)12-14(4-2)17(19-16)20-9-7-18-8-10-20;/h5-6,11-12,18H,3-4,7-10H2,1-2H3;1H. The van der Waals surface area contributed by atoms with Gasteiger partial charge < -0.3 is 10.2 Å². The highest BCUT2D eigenvalue weighted by Gasteiger charge is 2.15. The molecular weight excluding hydrogens is 282 g/mol. The van der Waals surface area contributed by atoms with Crippen molar-refractivity contribution in [3.8, 4) is 0 Å². The van der Waals surface area contributed by atoms with Gasteiger partial charge in [-0.25, -0.2) is 4.98 Å². The van der Waals surface area contributed by atoms with Crippen molar-refractivity contribution >= 4 is 29.1 Å². The van der Waals surface area contributed by atoms with Crippen LogP contribution < -0.4 is 10.2 Å². The summed E-state index contributed by atoms with van der Waals surface area (Å²) in [7, 11) is 0. The zero-order chi connectivity index (χ0) is 13.9. The van der Waals surface area contributed by atoms with Gasteiger partial charge in [0.2, 0.25) is 0 Å². The molecule has 114 valence electrons. The molecule has 0 saturated carbocycles. The number of anilines is 1. The molecule has 2 aromatic rings. The molecule has 1 saturated heterocycles. The summed E-state index contributed by atoms with van der Waals surface area (Å²) in [6.45, 7) is 8.63. The molecule has 3 nitrogen and oxygen atoms in total. The molecule has 4 heteroatoms. The predicted molar refractivity (Wildman–Crippen MR) is 92.8 cm³/mol. The lowest BCUT2D eigenvalue weighted by Gasteiger charge is -2.30. The molecule has 0 bridgehead atoms. The Morgan fingerprint density at radius 1 is 1.10 bits per heavy atom. The number of pyridine rings is 1. The minimum absolute atomic E-state index is 0. The highest BCUT2D eigenvalue weighted by atomic mass is 35.5. The molecule has 21 heavy (non-hydrogen) atoms. The van der Waals surface area contributed by atoms with Gasteiger partial charge in [0.05, 0.1) is 5.52 Å². The summed E-state index contributed by atoms with van der Waals surface area (Å²) in [6.07, 6.45) is 2.12. The summed E-state index contributed by atoms with van der Waals surface area (Å²) in [5.41, 5.74) is 3.87. The number of aromatic nitrogens is 1. The van der Waals surface area contributed by atoms with Crippen LogP contribution in [-0.2, 0) is 12.8 Å². The first-order valence-electron chi connectivity index (χ1n) is 7.70. The largest absolute Gasteiger partial charge is 0.354 e. The van der Waals surface area contributed by atoms with Crippen molar-refractivity contribution in [2.24, 2.45) is 0 Å². The number of halogens is 1. The first-order valence-corrected chi connectivity index (χ1v) is 7.70. The first-order chi connectivity index (χ1) is 9.81. The van der Waals surface area contributed by atoms with Crippen LogP contribution in [0.2, 0.25) is 0 Å². The van der Waals surface area contributed by atoms with Gasteiger partial charge in [-0.15, -0.1) is 12.4 Å². The summed E-state index contributed by atoms with van der Waals surface area (Å²) < 4.78 is 0. The zero-order valence-electron chi connectivity index (χ0n) is 12.9. The van der Waals surface area contributed by atoms with E-state index in [0.717, 1.165) is 44.5 Å². The third-order valence-electron chi connectivity index (χ3n) is 4.14. The van der Waals surface area contributed by atoms with Gasteiger partial charge in [0, 0.05) is 31.6 Å². The van der Waals surface area contributed by atoms with E-state index in [1.165, 1.54) is 22.3 Å². The second-order valence-corrected chi connectivity index (χ2v) is 5.44. The fourth-order valence-electron chi connectivity index (χ4n) is 2.89. The van der Waals surface area contributed by atoms with E-state index < -0.39 is 0 Å². The SMILES string of the molecule is CCc1ccc2nc(N3CCNCC3)c(CC)cc2c1.Cl. The third kappa shape index (κ3) is 3.30. The van der Waals surface area contributed by atoms with Crippen LogP contribution >= 0.6 is 12.4 Å². The average molecular weight is 306 g/mol. The number of hydrogen-bond donors (Lipinski definition) is 1. The zero-order valence-corrected chi connectivity index (χ0v) is 13.7. The molecule has 1 aliphatic heterocycles. The van der Waals surface area contributed by atoms with Crippen LogP contribution in [0.15, 0.2) is 24.3 Å². The molecule has 0 spiro atoms. The molecule has 3 rings (SSSR count). The Morgan fingerprint density at radius 3 is 2.52 bits per heavy atom. The molecule has 1 aromatic heterocycles. The number of aryl methyl sites for hydroxylation is 2. The maximum atomic E-state index is 4.94. The second-order valence-electron chi connectivity index (χ2n) is 5.44. The summed E-state index contributed by atoms with van der Waals surface area (Å²) in [4.78, 5) is 7.36. The average Bonchev–Trinajstić information content (AvgIpc) is 2.53. The second kappa shape index (κ2) is 7.10. The van der Waals surface area contributed by atoms with Crippen LogP contribution in [0.3, 0.4) is 0 Å². The molecular formula is C17H24ClN3. The molecule has 1 N–H and O–H groups in total. The van der Waals surface area contributed by atoms with Crippen LogP contribution in [0.1, 0.15) is 25.0 Å². The van der Waals surface area contributed by atoms with E-state index in [-0.39, 0.29) is 12.4 Å². The Hall–Kier alpha value is -1.32. The lowest BCUT2D eigenvalue weighted by molar-refractivity contribution is 0.584. The highest BCUT2D eigenvalue weighted by molar-refractivity contribution is 5.85. The van der Waals surface area contributed by atoms with Crippen LogP contribution in [0.5, 0.6) is 0 Å². The Labute approximate surface area is 133 Å². The number of nitrogens with zero attached hydrogens (tertiary/aromatic N) is 2. The van der Waals surface area contributed by atoms with E-state index in [2.05, 4.69) is 48.3 Å². The topological polar surface area (TPSA) is 28.2 Å². The fourth-order valence-corrected chi connectivity index (χ4v) is 2.89. The van der Waals surface area contributed by atoms with Gasteiger partial charge in [0.15, 0.2) is 0 Å². The third-order valence-corrected chi connectivity index (χ3v) is 4.14. The van der Waals surface area contributed by atoms with Gasteiger partial charge in [-0.1, -0.05) is 19.9 Å². The highest BCUT2D eigenvalue weighted by Crippen LogP contribution is 2.25. The molecule has 1 aromatic carbocycles. The van der Waals surface area contributed by atoms with E-state index in [4.69, 9.17) is 4.98 Å². The summed E-state index contributed by atoms with van der Waals surface area (Å²) in [5.74, 6) is 1.19. The van der Waals surface area contributed by atoms with Crippen molar-refractivity contribution in [3.05, 3.63) is 35.4 Å². The van der Waals surface area contributed by atoms with E-state index in [1.54, 1.807) is 0 Å². The molecule has 0 aliphatic carbocycles. The van der Waals surface area contributed by atoms with Gasteiger partial charge in [0.25, 0.3) is 0 Å². The number of nitrogens with one attached hydrogen (secondary N) is 1. The van der Waals surface area contributed by atoms with Gasteiger partial charge in [-0.3, -0.25) is 0 Å². The van der Waals surface area contributed by atoms with Crippen molar-refractivity contribution in [2.45, 2.75) is 26.7 Å². The van der Waals surface area contributed by atoms with Crippen molar-refractivity contribution in [1.82, 2.24) is 10.3 Å². The number of fused-ring (bicyclic) bond motifs is 1. The molecule has 0 unspecified atom stereocenters. The number of hydrogen-bond acceptors (Lipinski definition) is 3.